The molecule has 2 saturated carbocycles. The van der Waals surface area contributed by atoms with E-state index >= 15 is 0 Å². The number of ketones is 1. The topological polar surface area (TPSA) is 43.4 Å². The van der Waals surface area contributed by atoms with Gasteiger partial charge in [-0.25, -0.2) is 0 Å². The molecule has 0 aromatic heterocycles. The van der Waals surface area contributed by atoms with Crippen molar-refractivity contribution in [2.24, 2.45) is 11.8 Å². The molecule has 0 spiro atoms. The average molecular weight is 244 g/mol. The zero-order chi connectivity index (χ0) is 12.8. The van der Waals surface area contributed by atoms with E-state index < -0.39 is 5.41 Å². The van der Waals surface area contributed by atoms with E-state index in [4.69, 9.17) is 4.74 Å². The Bertz CT molecular complexity index is 494. The summed E-state index contributed by atoms with van der Waals surface area (Å²) in [5.74, 6) is -0.0938. The van der Waals surface area contributed by atoms with Gasteiger partial charge in [-0.05, 0) is 24.8 Å². The lowest BCUT2D eigenvalue weighted by Gasteiger charge is -2.13. The van der Waals surface area contributed by atoms with Gasteiger partial charge >= 0.3 is 5.97 Å². The highest BCUT2D eigenvalue weighted by molar-refractivity contribution is 6.03. The third-order valence-electron chi connectivity index (χ3n) is 4.30. The van der Waals surface area contributed by atoms with Crippen molar-refractivity contribution in [2.75, 3.05) is 6.61 Å². The number of carbonyl (C=O) groups is 2. The zero-order valence-corrected chi connectivity index (χ0v) is 10.4. The Labute approximate surface area is 106 Å². The highest BCUT2D eigenvalue weighted by atomic mass is 16.5. The molecule has 94 valence electrons. The van der Waals surface area contributed by atoms with Crippen LogP contribution in [0.3, 0.4) is 0 Å². The van der Waals surface area contributed by atoms with E-state index in [1.165, 1.54) is 0 Å². The van der Waals surface area contributed by atoms with Crippen LogP contribution in [0.5, 0.6) is 0 Å². The SMILES string of the molecule is CCOC(=O)C1C2CCC(=O)C21c1ccccc1. The highest BCUT2D eigenvalue weighted by Gasteiger charge is 2.75. The van der Waals surface area contributed by atoms with Crippen molar-refractivity contribution < 1.29 is 14.3 Å². The molecule has 1 aromatic rings. The Morgan fingerprint density at radius 3 is 2.78 bits per heavy atom. The standard InChI is InChI=1S/C15H16O3/c1-2-18-14(17)13-11-8-9-12(16)15(11,13)10-6-4-3-5-7-10/h3-7,11,13H,2,8-9H2,1H3. The number of fused-ring (bicyclic) bond motifs is 1. The van der Waals surface area contributed by atoms with Gasteiger partial charge in [-0.1, -0.05) is 30.3 Å². The van der Waals surface area contributed by atoms with Gasteiger partial charge in [0, 0.05) is 6.42 Å². The summed E-state index contributed by atoms with van der Waals surface area (Å²) in [4.78, 5) is 24.2. The van der Waals surface area contributed by atoms with Crippen molar-refractivity contribution in [3.8, 4) is 0 Å². The van der Waals surface area contributed by atoms with Crippen LogP contribution in [0, 0.1) is 11.8 Å². The number of benzene rings is 1. The van der Waals surface area contributed by atoms with E-state index in [0.717, 1.165) is 12.0 Å². The van der Waals surface area contributed by atoms with Crippen molar-refractivity contribution in [3.05, 3.63) is 35.9 Å². The van der Waals surface area contributed by atoms with Gasteiger partial charge in [0.15, 0.2) is 0 Å². The van der Waals surface area contributed by atoms with E-state index in [9.17, 15) is 9.59 Å². The number of hydrogen-bond donors (Lipinski definition) is 0. The van der Waals surface area contributed by atoms with Gasteiger partial charge in [-0.3, -0.25) is 9.59 Å². The van der Waals surface area contributed by atoms with Gasteiger partial charge in [0.25, 0.3) is 0 Å². The maximum atomic E-state index is 12.2. The molecule has 3 unspecified atom stereocenters. The lowest BCUT2D eigenvalue weighted by Crippen LogP contribution is -2.25. The summed E-state index contributed by atoms with van der Waals surface area (Å²) in [7, 11) is 0. The first-order valence-corrected chi connectivity index (χ1v) is 6.48. The highest BCUT2D eigenvalue weighted by Crippen LogP contribution is 2.67. The fourth-order valence-corrected chi connectivity index (χ4v) is 3.58. The maximum absolute atomic E-state index is 12.2. The largest absolute Gasteiger partial charge is 0.466 e. The summed E-state index contributed by atoms with van der Waals surface area (Å²) in [6.45, 7) is 2.17. The number of hydrogen-bond acceptors (Lipinski definition) is 3. The molecule has 2 aliphatic carbocycles. The normalized spacial score (nSPS) is 33.1. The molecular formula is C15H16O3. The van der Waals surface area contributed by atoms with E-state index in [-0.39, 0.29) is 23.6 Å². The van der Waals surface area contributed by atoms with Crippen LogP contribution < -0.4 is 0 Å². The summed E-state index contributed by atoms with van der Waals surface area (Å²) < 4.78 is 5.11. The molecule has 0 saturated heterocycles. The van der Waals surface area contributed by atoms with Crippen LogP contribution in [0.4, 0.5) is 0 Å². The molecule has 3 heteroatoms. The monoisotopic (exact) mass is 244 g/mol. The van der Waals surface area contributed by atoms with E-state index in [0.29, 0.717) is 13.0 Å². The number of Topliss-reactive ketones (excluding diaryl/α,β-unsaturated/α-hetero) is 1. The maximum Gasteiger partial charge on any atom is 0.310 e. The second-order valence-electron chi connectivity index (χ2n) is 5.03. The van der Waals surface area contributed by atoms with Crippen LogP contribution in [0.25, 0.3) is 0 Å². The number of carbonyl (C=O) groups excluding carboxylic acids is 2. The van der Waals surface area contributed by atoms with Crippen LogP contribution in [0.15, 0.2) is 30.3 Å². The van der Waals surface area contributed by atoms with Gasteiger partial charge in [-0.2, -0.15) is 0 Å². The lowest BCUT2D eigenvalue weighted by atomic mass is 9.89. The van der Waals surface area contributed by atoms with Gasteiger partial charge in [0.2, 0.25) is 0 Å². The average Bonchev–Trinajstić information content (AvgIpc) is 2.97. The van der Waals surface area contributed by atoms with Crippen LogP contribution in [0.1, 0.15) is 25.3 Å². The molecule has 3 rings (SSSR count). The fourth-order valence-electron chi connectivity index (χ4n) is 3.58. The summed E-state index contributed by atoms with van der Waals surface area (Å²) in [5.41, 5.74) is 0.420. The molecule has 0 radical (unpaired) electrons. The van der Waals surface area contributed by atoms with Crippen LogP contribution in [-0.4, -0.2) is 18.4 Å². The molecule has 2 fully saturated rings. The van der Waals surface area contributed by atoms with Gasteiger partial charge in [-0.15, -0.1) is 0 Å². The molecule has 18 heavy (non-hydrogen) atoms. The van der Waals surface area contributed by atoms with E-state index in [1.807, 2.05) is 30.3 Å². The van der Waals surface area contributed by atoms with Gasteiger partial charge in [0.1, 0.15) is 5.78 Å². The minimum absolute atomic E-state index is 0.159. The second-order valence-corrected chi connectivity index (χ2v) is 5.03. The number of rotatable bonds is 3. The molecule has 0 amide bonds. The number of esters is 1. The van der Waals surface area contributed by atoms with Crippen molar-refractivity contribution in [3.63, 3.8) is 0 Å². The predicted octanol–water partition coefficient (Wildman–Crippen LogP) is 2.10. The van der Waals surface area contributed by atoms with Crippen LogP contribution in [0.2, 0.25) is 0 Å². The molecule has 3 atom stereocenters. The van der Waals surface area contributed by atoms with Crippen molar-refractivity contribution in [1.82, 2.24) is 0 Å². The summed E-state index contributed by atoms with van der Waals surface area (Å²) >= 11 is 0. The Kier molecular flexibility index (Phi) is 2.51. The molecular weight excluding hydrogens is 228 g/mol. The zero-order valence-electron chi connectivity index (χ0n) is 10.4. The minimum atomic E-state index is -0.562. The molecule has 1 aromatic carbocycles. The molecule has 0 bridgehead atoms. The molecule has 3 nitrogen and oxygen atoms in total. The summed E-state index contributed by atoms with van der Waals surface area (Å²) in [6.07, 6.45) is 1.41. The van der Waals surface area contributed by atoms with Crippen LogP contribution in [-0.2, 0) is 19.7 Å². The molecule has 0 N–H and O–H groups in total. The fraction of sp³-hybridized carbons (Fsp3) is 0.467. The Balaban J connectivity index is 1.98. The Morgan fingerprint density at radius 2 is 2.11 bits per heavy atom. The van der Waals surface area contributed by atoms with Crippen molar-refractivity contribution >= 4 is 11.8 Å². The minimum Gasteiger partial charge on any atom is -0.466 e. The van der Waals surface area contributed by atoms with Crippen molar-refractivity contribution in [2.45, 2.75) is 25.2 Å². The van der Waals surface area contributed by atoms with E-state index in [2.05, 4.69) is 0 Å². The number of ether oxygens (including phenoxy) is 1. The second kappa shape index (κ2) is 3.94. The Morgan fingerprint density at radius 1 is 1.39 bits per heavy atom. The predicted molar refractivity (Wildman–Crippen MR) is 66.0 cm³/mol. The lowest BCUT2D eigenvalue weighted by molar-refractivity contribution is -0.146. The van der Waals surface area contributed by atoms with Gasteiger partial charge < -0.3 is 4.74 Å². The third kappa shape index (κ3) is 1.30. The van der Waals surface area contributed by atoms with E-state index in [1.54, 1.807) is 6.92 Å². The molecule has 0 aliphatic heterocycles. The third-order valence-corrected chi connectivity index (χ3v) is 4.30. The van der Waals surface area contributed by atoms with Crippen molar-refractivity contribution in [1.29, 1.82) is 0 Å². The molecule has 0 heterocycles. The smallest absolute Gasteiger partial charge is 0.310 e. The first-order chi connectivity index (χ1) is 8.72. The summed E-state index contributed by atoms with van der Waals surface area (Å²) in [6, 6.07) is 9.68. The molecule has 2 aliphatic rings. The van der Waals surface area contributed by atoms with Gasteiger partial charge in [0.05, 0.1) is 17.9 Å². The Hall–Kier alpha value is -1.64. The summed E-state index contributed by atoms with van der Waals surface area (Å²) in [5, 5.41) is 0. The first-order valence-electron chi connectivity index (χ1n) is 6.48. The first kappa shape index (κ1) is 11.5. The quantitative estimate of drug-likeness (QED) is 0.765. The van der Waals surface area contributed by atoms with Crippen LogP contribution >= 0.6 is 0 Å².